The van der Waals surface area contributed by atoms with E-state index in [-0.39, 0.29) is 5.88 Å². The maximum atomic E-state index is 9.41. The van der Waals surface area contributed by atoms with Gasteiger partial charge in [-0.3, -0.25) is 0 Å². The van der Waals surface area contributed by atoms with Crippen LogP contribution in [0.1, 0.15) is 0 Å². The number of hydrazone groups is 1. The van der Waals surface area contributed by atoms with E-state index >= 15 is 0 Å². The van der Waals surface area contributed by atoms with Crippen molar-refractivity contribution in [3.63, 3.8) is 0 Å². The Hall–Kier alpha value is -1.77. The summed E-state index contributed by atoms with van der Waals surface area (Å²) in [6.07, 6.45) is 3.45. The molecule has 60 valence electrons. The van der Waals surface area contributed by atoms with Crippen molar-refractivity contribution in [2.45, 2.75) is 0 Å². The van der Waals surface area contributed by atoms with Crippen LogP contribution in [0.15, 0.2) is 29.4 Å². The molecule has 0 saturated heterocycles. The number of nitrogens with zero attached hydrogens (tertiary/aromatic N) is 1. The van der Waals surface area contributed by atoms with Crippen LogP contribution in [-0.2, 0) is 0 Å². The van der Waals surface area contributed by atoms with Crippen LogP contribution in [0.3, 0.4) is 0 Å². The van der Waals surface area contributed by atoms with Gasteiger partial charge in [-0.1, -0.05) is 18.2 Å². The van der Waals surface area contributed by atoms with Gasteiger partial charge in [0, 0.05) is 11.4 Å². The van der Waals surface area contributed by atoms with Gasteiger partial charge in [-0.15, -0.1) is 0 Å². The number of rotatable bonds is 0. The van der Waals surface area contributed by atoms with Gasteiger partial charge in [0.1, 0.15) is 0 Å². The van der Waals surface area contributed by atoms with Crippen LogP contribution < -0.4 is 15.9 Å². The minimum atomic E-state index is 0.0931. The number of benzene rings is 1. The fourth-order valence-electron chi connectivity index (χ4n) is 1.13. The molecular weight excluding hydrogens is 152 g/mol. The zero-order chi connectivity index (χ0) is 8.39. The Morgan fingerprint density at radius 3 is 3.00 bits per heavy atom. The lowest BCUT2D eigenvalue weighted by Crippen LogP contribution is -2.28. The molecule has 0 radical (unpaired) electrons. The molecule has 0 saturated carbocycles. The Kier molecular flexibility index (Phi) is 1.55. The second-order valence-electron chi connectivity index (χ2n) is 2.49. The molecule has 1 aliphatic heterocycles. The topological polar surface area (TPSA) is 44.6 Å². The first-order chi connectivity index (χ1) is 5.88. The molecule has 0 fully saturated rings. The first-order valence-corrected chi connectivity index (χ1v) is 3.65. The van der Waals surface area contributed by atoms with Gasteiger partial charge in [0.25, 0.3) is 0 Å². The van der Waals surface area contributed by atoms with Gasteiger partial charge in [0.2, 0.25) is 5.88 Å². The van der Waals surface area contributed by atoms with Crippen molar-refractivity contribution in [1.82, 2.24) is 5.43 Å². The molecule has 0 unspecified atom stereocenters. The normalized spacial score (nSPS) is 14.2. The molecule has 1 aromatic carbocycles. The SMILES string of the molecule is OC1=c2ccccc2=CC=NN1. The second-order valence-corrected chi connectivity index (χ2v) is 2.49. The fraction of sp³-hybridized carbons (Fsp3) is 0. The smallest absolute Gasteiger partial charge is 0.213 e. The van der Waals surface area contributed by atoms with Crippen LogP contribution in [0.4, 0.5) is 0 Å². The predicted molar refractivity (Wildman–Crippen MR) is 47.8 cm³/mol. The van der Waals surface area contributed by atoms with E-state index in [1.807, 2.05) is 30.3 Å². The Balaban J connectivity index is 2.88. The molecule has 1 aliphatic rings. The average Bonchev–Trinajstić information content (AvgIpc) is 2.29. The van der Waals surface area contributed by atoms with Crippen molar-refractivity contribution in [3.05, 3.63) is 34.7 Å². The van der Waals surface area contributed by atoms with Crippen LogP contribution in [0.5, 0.6) is 0 Å². The molecular formula is C9H8N2O. The quantitative estimate of drug-likeness (QED) is 0.546. The van der Waals surface area contributed by atoms with Crippen LogP contribution in [-0.4, -0.2) is 11.3 Å². The molecule has 3 heteroatoms. The Bertz CT molecular complexity index is 434. The van der Waals surface area contributed by atoms with Crippen LogP contribution in [0.25, 0.3) is 12.0 Å². The number of nitrogens with one attached hydrogen (secondary N) is 1. The van der Waals surface area contributed by atoms with Gasteiger partial charge in [-0.25, -0.2) is 5.43 Å². The fourth-order valence-corrected chi connectivity index (χ4v) is 1.13. The van der Waals surface area contributed by atoms with E-state index in [4.69, 9.17) is 0 Å². The van der Waals surface area contributed by atoms with Gasteiger partial charge < -0.3 is 5.11 Å². The Morgan fingerprint density at radius 2 is 2.08 bits per heavy atom. The molecule has 0 amide bonds. The number of fused-ring (bicyclic) bond motifs is 1. The second kappa shape index (κ2) is 2.70. The summed E-state index contributed by atoms with van der Waals surface area (Å²) >= 11 is 0. The highest BCUT2D eigenvalue weighted by Gasteiger charge is 1.94. The maximum Gasteiger partial charge on any atom is 0.213 e. The molecule has 1 aromatic rings. The van der Waals surface area contributed by atoms with Crippen molar-refractivity contribution in [2.75, 3.05) is 0 Å². The third-order valence-corrected chi connectivity index (χ3v) is 1.71. The third-order valence-electron chi connectivity index (χ3n) is 1.71. The summed E-state index contributed by atoms with van der Waals surface area (Å²) in [5.41, 5.74) is 2.51. The number of hydrogen-bond donors (Lipinski definition) is 2. The number of aliphatic hydroxyl groups is 1. The van der Waals surface area contributed by atoms with Crippen molar-refractivity contribution >= 4 is 18.2 Å². The lowest BCUT2D eigenvalue weighted by Gasteiger charge is -1.94. The largest absolute Gasteiger partial charge is 0.493 e. The van der Waals surface area contributed by atoms with E-state index in [1.165, 1.54) is 0 Å². The lowest BCUT2D eigenvalue weighted by atomic mass is 10.2. The summed E-state index contributed by atoms with van der Waals surface area (Å²) in [6.45, 7) is 0. The van der Waals surface area contributed by atoms with Crippen LogP contribution in [0, 0.1) is 0 Å². The van der Waals surface area contributed by atoms with Gasteiger partial charge in [0.05, 0.1) is 0 Å². The molecule has 0 bridgehead atoms. The summed E-state index contributed by atoms with van der Waals surface area (Å²) in [7, 11) is 0. The summed E-state index contributed by atoms with van der Waals surface area (Å²) in [4.78, 5) is 0. The van der Waals surface area contributed by atoms with E-state index in [0.717, 1.165) is 10.4 Å². The van der Waals surface area contributed by atoms with Crippen molar-refractivity contribution < 1.29 is 5.11 Å². The minimum absolute atomic E-state index is 0.0931. The minimum Gasteiger partial charge on any atom is -0.493 e. The standard InChI is InChI=1S/C9H8N2O/c12-9-8-4-2-1-3-7(8)5-6-10-11-9/h1-6,11-12H. The van der Waals surface area contributed by atoms with E-state index in [9.17, 15) is 5.11 Å². The molecule has 12 heavy (non-hydrogen) atoms. The highest BCUT2D eigenvalue weighted by molar-refractivity contribution is 5.91. The molecule has 0 spiro atoms. The van der Waals surface area contributed by atoms with Gasteiger partial charge in [0.15, 0.2) is 0 Å². The van der Waals surface area contributed by atoms with Crippen molar-refractivity contribution in [3.8, 4) is 0 Å². The summed E-state index contributed by atoms with van der Waals surface area (Å²) in [6, 6.07) is 7.55. The van der Waals surface area contributed by atoms with E-state index in [2.05, 4.69) is 10.5 Å². The summed E-state index contributed by atoms with van der Waals surface area (Å²) in [5.74, 6) is 0.0931. The molecule has 3 nitrogen and oxygen atoms in total. The maximum absolute atomic E-state index is 9.41. The molecule has 0 atom stereocenters. The van der Waals surface area contributed by atoms with Gasteiger partial charge >= 0.3 is 0 Å². The predicted octanol–water partition coefficient (Wildman–Crippen LogP) is -0.320. The number of hydrogen-bond acceptors (Lipinski definition) is 3. The van der Waals surface area contributed by atoms with E-state index in [1.54, 1.807) is 6.21 Å². The van der Waals surface area contributed by atoms with Crippen LogP contribution in [0.2, 0.25) is 0 Å². The average molecular weight is 160 g/mol. The highest BCUT2D eigenvalue weighted by Crippen LogP contribution is 1.81. The first-order valence-electron chi connectivity index (χ1n) is 3.65. The van der Waals surface area contributed by atoms with E-state index in [0.29, 0.717) is 0 Å². The Labute approximate surface area is 69.4 Å². The van der Waals surface area contributed by atoms with Crippen molar-refractivity contribution in [1.29, 1.82) is 0 Å². The molecule has 1 heterocycles. The monoisotopic (exact) mass is 160 g/mol. The Morgan fingerprint density at radius 1 is 1.25 bits per heavy atom. The summed E-state index contributed by atoms with van der Waals surface area (Å²) in [5, 5.41) is 14.9. The highest BCUT2D eigenvalue weighted by atomic mass is 16.3. The zero-order valence-electron chi connectivity index (χ0n) is 6.36. The lowest BCUT2D eigenvalue weighted by molar-refractivity contribution is 0.462. The molecule has 0 aliphatic carbocycles. The first kappa shape index (κ1) is 6.91. The van der Waals surface area contributed by atoms with Crippen LogP contribution >= 0.6 is 0 Å². The third kappa shape index (κ3) is 1.05. The van der Waals surface area contributed by atoms with E-state index < -0.39 is 0 Å². The summed E-state index contributed by atoms with van der Waals surface area (Å²) < 4.78 is 0. The molecule has 2 N–H and O–H groups in total. The van der Waals surface area contributed by atoms with Gasteiger partial charge in [-0.05, 0) is 17.4 Å². The molecule has 0 aromatic heterocycles. The zero-order valence-corrected chi connectivity index (χ0v) is 6.36. The van der Waals surface area contributed by atoms with Gasteiger partial charge in [-0.2, -0.15) is 5.10 Å². The number of aliphatic hydroxyl groups excluding tert-OH is 1. The molecule has 2 rings (SSSR count). The van der Waals surface area contributed by atoms with Crippen molar-refractivity contribution in [2.24, 2.45) is 5.10 Å².